The zero-order valence-corrected chi connectivity index (χ0v) is 11.5. The third-order valence-electron chi connectivity index (χ3n) is 3.67. The molecule has 2 heterocycles. The minimum atomic E-state index is 0.222. The minimum Gasteiger partial charge on any atom is -0.381 e. The van der Waals surface area contributed by atoms with Gasteiger partial charge in [0, 0.05) is 42.1 Å². The smallest absolute Gasteiger partial charge is 0.227 e. The van der Waals surface area contributed by atoms with Gasteiger partial charge in [0.25, 0.3) is 0 Å². The van der Waals surface area contributed by atoms with Crippen molar-refractivity contribution in [3.05, 3.63) is 41.7 Å². The van der Waals surface area contributed by atoms with Gasteiger partial charge in [-0.1, -0.05) is 0 Å². The van der Waals surface area contributed by atoms with Crippen LogP contribution in [0.15, 0.2) is 30.5 Å². The fraction of sp³-hybridized carbons (Fsp3) is 0.333. The highest BCUT2D eigenvalue weighted by molar-refractivity contribution is 5.95. The number of hydrogen-bond donors (Lipinski definition) is 2. The highest BCUT2D eigenvalue weighted by Gasteiger charge is 2.21. The lowest BCUT2D eigenvalue weighted by atomic mass is 10.2. The number of nitrogens with zero attached hydrogens (tertiary/aromatic N) is 2. The van der Waals surface area contributed by atoms with E-state index in [0.29, 0.717) is 6.42 Å². The molecule has 1 aromatic heterocycles. The molecule has 1 amide bonds. The fourth-order valence-corrected chi connectivity index (χ4v) is 2.43. The van der Waals surface area contributed by atoms with E-state index in [1.54, 1.807) is 0 Å². The lowest BCUT2D eigenvalue weighted by Crippen LogP contribution is -2.23. The average Bonchev–Trinajstić information content (AvgIpc) is 3.06. The Bertz CT molecular complexity index is 603. The molecule has 0 spiro atoms. The van der Waals surface area contributed by atoms with Crippen molar-refractivity contribution in [3.8, 4) is 0 Å². The second kappa shape index (κ2) is 5.36. The number of amides is 1. The van der Waals surface area contributed by atoms with E-state index in [4.69, 9.17) is 0 Å². The Labute approximate surface area is 118 Å². The lowest BCUT2D eigenvalue weighted by Gasteiger charge is -2.16. The lowest BCUT2D eigenvalue weighted by molar-refractivity contribution is -0.117. The number of aromatic amines is 1. The molecule has 0 radical (unpaired) electrons. The van der Waals surface area contributed by atoms with Gasteiger partial charge in [0.2, 0.25) is 5.91 Å². The molecular weight excluding hydrogens is 252 g/mol. The summed E-state index contributed by atoms with van der Waals surface area (Å²) in [6.45, 7) is 3.58. The molecule has 0 unspecified atom stereocenters. The first-order valence-corrected chi connectivity index (χ1v) is 6.87. The van der Waals surface area contributed by atoms with Gasteiger partial charge in [-0.05, 0) is 37.6 Å². The predicted octanol–water partition coefficient (Wildman–Crippen LogP) is 2.46. The first-order chi connectivity index (χ1) is 9.74. The summed E-state index contributed by atoms with van der Waals surface area (Å²) in [5, 5.41) is 10.3. The summed E-state index contributed by atoms with van der Waals surface area (Å²) in [6, 6.07) is 8.01. The number of carbonyl (C=O) groups is 1. The van der Waals surface area contributed by atoms with Crippen LogP contribution in [0.5, 0.6) is 0 Å². The van der Waals surface area contributed by atoms with Gasteiger partial charge in [0.15, 0.2) is 0 Å². The van der Waals surface area contributed by atoms with E-state index >= 15 is 0 Å². The molecule has 20 heavy (non-hydrogen) atoms. The Morgan fingerprint density at radius 1 is 1.35 bits per heavy atom. The molecule has 1 aliphatic rings. The van der Waals surface area contributed by atoms with Gasteiger partial charge in [-0.15, -0.1) is 0 Å². The summed E-state index contributed by atoms with van der Waals surface area (Å²) in [5.74, 6) is 0.222. The van der Waals surface area contributed by atoms with Crippen LogP contribution in [0.4, 0.5) is 11.4 Å². The highest BCUT2D eigenvalue weighted by atomic mass is 16.2. The van der Waals surface area contributed by atoms with Gasteiger partial charge in [-0.3, -0.25) is 9.89 Å². The zero-order chi connectivity index (χ0) is 13.9. The average molecular weight is 270 g/mol. The van der Waals surface area contributed by atoms with Crippen molar-refractivity contribution in [1.29, 1.82) is 0 Å². The molecular formula is C15H18N4O. The van der Waals surface area contributed by atoms with Crippen LogP contribution in [-0.4, -0.2) is 22.6 Å². The first-order valence-electron chi connectivity index (χ1n) is 6.87. The molecule has 1 fully saturated rings. The van der Waals surface area contributed by atoms with Gasteiger partial charge < -0.3 is 10.2 Å². The van der Waals surface area contributed by atoms with Crippen molar-refractivity contribution in [2.45, 2.75) is 26.3 Å². The van der Waals surface area contributed by atoms with Crippen LogP contribution in [0.3, 0.4) is 0 Å². The van der Waals surface area contributed by atoms with Gasteiger partial charge in [-0.25, -0.2) is 0 Å². The largest absolute Gasteiger partial charge is 0.381 e. The van der Waals surface area contributed by atoms with Crippen LogP contribution in [0.2, 0.25) is 0 Å². The van der Waals surface area contributed by atoms with Crippen molar-refractivity contribution in [2.24, 2.45) is 0 Å². The minimum absolute atomic E-state index is 0.222. The van der Waals surface area contributed by atoms with E-state index < -0.39 is 0 Å². The van der Waals surface area contributed by atoms with E-state index in [1.165, 1.54) is 0 Å². The summed E-state index contributed by atoms with van der Waals surface area (Å²) < 4.78 is 0. The van der Waals surface area contributed by atoms with Crippen LogP contribution in [-0.2, 0) is 11.3 Å². The van der Waals surface area contributed by atoms with E-state index in [9.17, 15) is 4.79 Å². The Morgan fingerprint density at radius 3 is 2.75 bits per heavy atom. The zero-order valence-electron chi connectivity index (χ0n) is 11.5. The maximum Gasteiger partial charge on any atom is 0.227 e. The van der Waals surface area contributed by atoms with Gasteiger partial charge >= 0.3 is 0 Å². The van der Waals surface area contributed by atoms with Crippen molar-refractivity contribution >= 4 is 17.3 Å². The summed E-state index contributed by atoms with van der Waals surface area (Å²) in [7, 11) is 0. The molecule has 5 nitrogen and oxygen atoms in total. The summed E-state index contributed by atoms with van der Waals surface area (Å²) in [4.78, 5) is 13.5. The summed E-state index contributed by atoms with van der Waals surface area (Å²) in [6.07, 6.45) is 3.46. The SMILES string of the molecule is Cc1[nH]ncc1CNc1ccc(N2CCCC2=O)cc1. The molecule has 2 aromatic rings. The Hall–Kier alpha value is -2.30. The third kappa shape index (κ3) is 2.52. The summed E-state index contributed by atoms with van der Waals surface area (Å²) >= 11 is 0. The Kier molecular flexibility index (Phi) is 3.41. The Balaban J connectivity index is 1.64. The van der Waals surface area contributed by atoms with Crippen LogP contribution >= 0.6 is 0 Å². The van der Waals surface area contributed by atoms with Crippen molar-refractivity contribution in [2.75, 3.05) is 16.8 Å². The van der Waals surface area contributed by atoms with Gasteiger partial charge in [-0.2, -0.15) is 5.10 Å². The van der Waals surface area contributed by atoms with Crippen molar-refractivity contribution < 1.29 is 4.79 Å². The van der Waals surface area contributed by atoms with Crippen LogP contribution in [0, 0.1) is 6.92 Å². The number of benzene rings is 1. The fourth-order valence-electron chi connectivity index (χ4n) is 2.43. The van der Waals surface area contributed by atoms with E-state index in [1.807, 2.05) is 42.3 Å². The van der Waals surface area contributed by atoms with Gasteiger partial charge in [0.1, 0.15) is 0 Å². The van der Waals surface area contributed by atoms with Crippen LogP contribution < -0.4 is 10.2 Å². The molecule has 5 heteroatoms. The van der Waals surface area contributed by atoms with Crippen molar-refractivity contribution in [1.82, 2.24) is 10.2 Å². The van der Waals surface area contributed by atoms with Gasteiger partial charge in [0.05, 0.1) is 6.20 Å². The number of hydrogen-bond acceptors (Lipinski definition) is 3. The second-order valence-corrected chi connectivity index (χ2v) is 5.07. The molecule has 1 aliphatic heterocycles. The van der Waals surface area contributed by atoms with Crippen LogP contribution in [0.1, 0.15) is 24.1 Å². The van der Waals surface area contributed by atoms with Crippen LogP contribution in [0.25, 0.3) is 0 Å². The number of aromatic nitrogens is 2. The van der Waals surface area contributed by atoms with Crippen molar-refractivity contribution in [3.63, 3.8) is 0 Å². The number of aryl methyl sites for hydroxylation is 1. The normalized spacial score (nSPS) is 14.8. The highest BCUT2D eigenvalue weighted by Crippen LogP contribution is 2.23. The topological polar surface area (TPSA) is 61.0 Å². The summed E-state index contributed by atoms with van der Waals surface area (Å²) in [5.41, 5.74) is 4.26. The number of H-pyrrole nitrogens is 1. The third-order valence-corrected chi connectivity index (χ3v) is 3.67. The molecule has 0 saturated carbocycles. The van der Waals surface area contributed by atoms with E-state index in [2.05, 4.69) is 15.5 Å². The quantitative estimate of drug-likeness (QED) is 0.897. The molecule has 0 aliphatic carbocycles. The van der Waals surface area contributed by atoms with E-state index in [-0.39, 0.29) is 5.91 Å². The number of carbonyl (C=O) groups excluding carboxylic acids is 1. The molecule has 2 N–H and O–H groups in total. The first kappa shape index (κ1) is 12.7. The maximum atomic E-state index is 11.7. The molecule has 0 atom stereocenters. The maximum absolute atomic E-state index is 11.7. The molecule has 0 bridgehead atoms. The second-order valence-electron chi connectivity index (χ2n) is 5.07. The predicted molar refractivity (Wildman–Crippen MR) is 78.7 cm³/mol. The number of rotatable bonds is 4. The molecule has 1 saturated heterocycles. The number of nitrogens with one attached hydrogen (secondary N) is 2. The Morgan fingerprint density at radius 2 is 2.15 bits per heavy atom. The van der Waals surface area contributed by atoms with E-state index in [0.717, 1.165) is 42.1 Å². The standard InChI is InChI=1S/C15H18N4O/c1-11-12(10-17-18-11)9-16-13-4-6-14(7-5-13)19-8-2-3-15(19)20/h4-7,10,16H,2-3,8-9H2,1H3,(H,17,18). The molecule has 104 valence electrons. The molecule has 3 rings (SSSR count). The monoisotopic (exact) mass is 270 g/mol. The number of anilines is 2. The molecule has 1 aromatic carbocycles.